The van der Waals surface area contributed by atoms with Crippen LogP contribution in [0.1, 0.15) is 20.8 Å². The highest BCUT2D eigenvalue weighted by molar-refractivity contribution is 7.59. The van der Waals surface area contributed by atoms with Crippen LogP contribution in [0, 0.1) is 10.8 Å². The summed E-state index contributed by atoms with van der Waals surface area (Å²) in [5, 5.41) is 0. The maximum absolute atomic E-state index is 12.2. The molecule has 0 spiro atoms. The molecule has 2 unspecified atom stereocenters. The van der Waals surface area contributed by atoms with E-state index < -0.39 is 11.7 Å². The van der Waals surface area contributed by atoms with Crippen LogP contribution in [-0.2, 0) is 9.09 Å². The molecule has 2 nitrogen and oxygen atoms in total. The topological polar surface area (TPSA) is 26.3 Å². The monoisotopic (exact) mass is 256 g/mol. The van der Waals surface area contributed by atoms with Crippen LogP contribution in [0.15, 0.2) is 0 Å². The lowest BCUT2D eigenvalue weighted by Crippen LogP contribution is -2.13. The van der Waals surface area contributed by atoms with Crippen molar-refractivity contribution in [2.75, 3.05) is 18.9 Å². The molecular weight excluding hydrogens is 242 g/mol. The van der Waals surface area contributed by atoms with Crippen molar-refractivity contribution < 1.29 is 9.09 Å². The highest BCUT2D eigenvalue weighted by Crippen LogP contribution is 2.88. The third-order valence-corrected chi connectivity index (χ3v) is 8.65. The molecule has 0 N–H and O–H groups in total. The SMILES string of the molecule is CCOP1(=O)CC2(C)C(Cl)(Cl)C2(C)C1. The fourth-order valence-electron chi connectivity index (χ4n) is 2.84. The van der Waals surface area contributed by atoms with Crippen LogP contribution >= 0.6 is 30.6 Å². The van der Waals surface area contributed by atoms with Gasteiger partial charge in [-0.05, 0) is 6.92 Å². The molecule has 2 fully saturated rings. The van der Waals surface area contributed by atoms with Crippen molar-refractivity contribution in [2.45, 2.75) is 25.1 Å². The molecule has 14 heavy (non-hydrogen) atoms. The number of halogens is 2. The molecular formula is C9H15Cl2O2P. The van der Waals surface area contributed by atoms with E-state index in [0.717, 1.165) is 0 Å². The molecule has 1 saturated heterocycles. The highest BCUT2D eigenvalue weighted by Gasteiger charge is 2.87. The van der Waals surface area contributed by atoms with Crippen LogP contribution in [-0.4, -0.2) is 23.3 Å². The van der Waals surface area contributed by atoms with Crippen LogP contribution in [0.2, 0.25) is 0 Å². The first-order valence-corrected chi connectivity index (χ1v) is 7.58. The Kier molecular flexibility index (Phi) is 2.18. The molecule has 5 heteroatoms. The van der Waals surface area contributed by atoms with Crippen molar-refractivity contribution in [3.8, 4) is 0 Å². The zero-order valence-electron chi connectivity index (χ0n) is 8.64. The van der Waals surface area contributed by atoms with Gasteiger partial charge in [0.1, 0.15) is 4.33 Å². The van der Waals surface area contributed by atoms with Gasteiger partial charge < -0.3 is 4.52 Å². The molecule has 2 rings (SSSR count). The van der Waals surface area contributed by atoms with Crippen molar-refractivity contribution in [1.82, 2.24) is 0 Å². The third kappa shape index (κ3) is 1.01. The first-order valence-electron chi connectivity index (χ1n) is 4.83. The summed E-state index contributed by atoms with van der Waals surface area (Å²) in [6.45, 7) is 6.38. The summed E-state index contributed by atoms with van der Waals surface area (Å²) < 4.78 is 16.8. The summed E-state index contributed by atoms with van der Waals surface area (Å²) >= 11 is 12.4. The first-order chi connectivity index (χ1) is 6.22. The Balaban J connectivity index is 2.25. The summed E-state index contributed by atoms with van der Waals surface area (Å²) in [7, 11) is -2.46. The number of fused-ring (bicyclic) bond motifs is 1. The van der Waals surface area contributed by atoms with Gasteiger partial charge in [-0.3, -0.25) is 4.57 Å². The van der Waals surface area contributed by atoms with E-state index in [9.17, 15) is 4.57 Å². The third-order valence-electron chi connectivity index (χ3n) is 4.02. The quantitative estimate of drug-likeness (QED) is 0.558. The van der Waals surface area contributed by atoms with Crippen molar-refractivity contribution in [3.05, 3.63) is 0 Å². The second-order valence-corrected chi connectivity index (χ2v) is 8.63. The van der Waals surface area contributed by atoms with Gasteiger partial charge in [0.2, 0.25) is 7.37 Å². The summed E-state index contributed by atoms with van der Waals surface area (Å²) in [4.78, 5) is 0. The largest absolute Gasteiger partial charge is 0.329 e. The van der Waals surface area contributed by atoms with Crippen LogP contribution < -0.4 is 0 Å². The van der Waals surface area contributed by atoms with E-state index in [1.165, 1.54) is 0 Å². The molecule has 1 aliphatic heterocycles. The van der Waals surface area contributed by atoms with Gasteiger partial charge in [0.15, 0.2) is 0 Å². The Hall–Kier alpha value is 0.770. The molecule has 2 aliphatic rings. The van der Waals surface area contributed by atoms with E-state index in [0.29, 0.717) is 18.9 Å². The minimum absolute atomic E-state index is 0.228. The number of rotatable bonds is 2. The Morgan fingerprint density at radius 1 is 1.29 bits per heavy atom. The average molecular weight is 257 g/mol. The minimum atomic E-state index is -2.46. The van der Waals surface area contributed by atoms with Crippen LogP contribution in [0.25, 0.3) is 0 Å². The zero-order chi connectivity index (χ0) is 10.8. The number of hydrogen-bond donors (Lipinski definition) is 0. The lowest BCUT2D eigenvalue weighted by Gasteiger charge is -2.20. The van der Waals surface area contributed by atoms with E-state index in [1.807, 2.05) is 20.8 Å². The predicted molar refractivity (Wildman–Crippen MR) is 59.6 cm³/mol. The Morgan fingerprint density at radius 2 is 1.71 bits per heavy atom. The normalized spacial score (nSPS) is 54.4. The number of alkyl halides is 2. The lowest BCUT2D eigenvalue weighted by atomic mass is 10.0. The van der Waals surface area contributed by atoms with Crippen molar-refractivity contribution in [2.24, 2.45) is 10.8 Å². The van der Waals surface area contributed by atoms with Crippen LogP contribution in [0.3, 0.4) is 0 Å². The predicted octanol–water partition coefficient (Wildman–Crippen LogP) is 3.51. The Labute approximate surface area is 94.7 Å². The highest BCUT2D eigenvalue weighted by atomic mass is 35.5. The molecule has 2 atom stereocenters. The maximum Gasteiger partial charge on any atom is 0.204 e. The van der Waals surface area contributed by atoms with Gasteiger partial charge in [0.05, 0.1) is 6.61 Å². The van der Waals surface area contributed by atoms with Crippen molar-refractivity contribution in [1.29, 1.82) is 0 Å². The van der Waals surface area contributed by atoms with Gasteiger partial charge in [-0.15, -0.1) is 23.2 Å². The van der Waals surface area contributed by atoms with E-state index >= 15 is 0 Å². The van der Waals surface area contributed by atoms with Crippen LogP contribution in [0.5, 0.6) is 0 Å². The van der Waals surface area contributed by atoms with E-state index in [-0.39, 0.29) is 10.8 Å². The molecule has 0 radical (unpaired) electrons. The molecule has 0 bridgehead atoms. The minimum Gasteiger partial charge on any atom is -0.329 e. The molecule has 0 amide bonds. The van der Waals surface area contributed by atoms with Crippen LogP contribution in [0.4, 0.5) is 0 Å². The summed E-state index contributed by atoms with van der Waals surface area (Å²) in [5.74, 6) is 0. The van der Waals surface area contributed by atoms with Gasteiger partial charge in [0.25, 0.3) is 0 Å². The Morgan fingerprint density at radius 3 is 2.07 bits per heavy atom. The van der Waals surface area contributed by atoms with E-state index in [1.54, 1.807) is 0 Å². The summed E-state index contributed by atoms with van der Waals surface area (Å²) in [6.07, 6.45) is 1.05. The standard InChI is InChI=1S/C9H15Cl2O2P/c1-4-13-14(12)5-7(2)8(3,6-14)9(7,10)11/h4-6H2,1-3H3. The molecule has 0 aromatic heterocycles. The fourth-order valence-corrected chi connectivity index (χ4v) is 8.09. The molecule has 0 aromatic carbocycles. The van der Waals surface area contributed by atoms with Gasteiger partial charge >= 0.3 is 0 Å². The van der Waals surface area contributed by atoms with E-state index in [2.05, 4.69) is 0 Å². The average Bonchev–Trinajstić information content (AvgIpc) is 2.29. The fraction of sp³-hybridized carbons (Fsp3) is 1.00. The Bertz CT molecular complexity index is 307. The van der Waals surface area contributed by atoms with E-state index in [4.69, 9.17) is 27.7 Å². The molecule has 1 aliphatic carbocycles. The molecule has 1 heterocycles. The molecule has 1 saturated carbocycles. The lowest BCUT2D eigenvalue weighted by molar-refractivity contribution is 0.332. The van der Waals surface area contributed by atoms with Crippen molar-refractivity contribution >= 4 is 30.6 Å². The van der Waals surface area contributed by atoms with Gasteiger partial charge in [-0.25, -0.2) is 0 Å². The van der Waals surface area contributed by atoms with Gasteiger partial charge in [-0.2, -0.15) is 0 Å². The summed E-state index contributed by atoms with van der Waals surface area (Å²) in [6, 6.07) is 0. The second-order valence-electron chi connectivity index (χ2n) is 4.79. The van der Waals surface area contributed by atoms with Crippen molar-refractivity contribution in [3.63, 3.8) is 0 Å². The van der Waals surface area contributed by atoms with Gasteiger partial charge in [0, 0.05) is 23.2 Å². The molecule has 0 aromatic rings. The first kappa shape index (κ1) is 11.3. The molecule has 82 valence electrons. The smallest absolute Gasteiger partial charge is 0.204 e. The zero-order valence-corrected chi connectivity index (χ0v) is 11.0. The van der Waals surface area contributed by atoms with Gasteiger partial charge in [-0.1, -0.05) is 13.8 Å². The maximum atomic E-state index is 12.2. The second kappa shape index (κ2) is 2.71. The summed E-state index contributed by atoms with van der Waals surface area (Å²) in [5.41, 5.74) is -0.457. The number of hydrogen-bond acceptors (Lipinski definition) is 2.